The first-order valence-electron chi connectivity index (χ1n) is 5.69. The van der Waals surface area contributed by atoms with Crippen molar-refractivity contribution in [3.05, 3.63) is 35.7 Å². The van der Waals surface area contributed by atoms with Gasteiger partial charge in [0, 0.05) is 0 Å². The highest BCUT2D eigenvalue weighted by molar-refractivity contribution is 5.86. The minimum absolute atomic E-state index is 0.575. The first-order chi connectivity index (χ1) is 8.74. The highest BCUT2D eigenvalue weighted by atomic mass is 16.3. The third kappa shape index (κ3) is 1.81. The molecule has 0 unspecified atom stereocenters. The summed E-state index contributed by atoms with van der Waals surface area (Å²) in [7, 11) is 0. The number of rotatable bonds is 3. The van der Waals surface area contributed by atoms with E-state index in [1.807, 2.05) is 26.0 Å². The molecular formula is C12H13N5O. The summed E-state index contributed by atoms with van der Waals surface area (Å²) in [4.78, 5) is 8.39. The fourth-order valence-electron chi connectivity index (χ4n) is 1.83. The smallest absolute Gasteiger partial charge is 0.158 e. The van der Waals surface area contributed by atoms with E-state index in [4.69, 9.17) is 4.42 Å². The van der Waals surface area contributed by atoms with Crippen molar-refractivity contribution in [1.82, 2.24) is 20.2 Å². The number of nitrogens with one attached hydrogen (secondary N) is 2. The lowest BCUT2D eigenvalue weighted by atomic mass is 10.3. The van der Waals surface area contributed by atoms with E-state index in [0.29, 0.717) is 12.4 Å². The molecule has 3 aromatic heterocycles. The van der Waals surface area contributed by atoms with E-state index in [9.17, 15) is 0 Å². The molecule has 6 nitrogen and oxygen atoms in total. The SMILES string of the molecule is Cc1ccc(CNc2ncnc3c(C)[nH]nc23)o1. The van der Waals surface area contributed by atoms with Gasteiger partial charge in [0.25, 0.3) is 0 Å². The van der Waals surface area contributed by atoms with Crippen LogP contribution in [0, 0.1) is 13.8 Å². The number of hydrogen-bond donors (Lipinski definition) is 2. The third-order valence-corrected chi connectivity index (χ3v) is 2.74. The lowest BCUT2D eigenvalue weighted by Gasteiger charge is -2.03. The monoisotopic (exact) mass is 243 g/mol. The predicted octanol–water partition coefficient (Wildman–Crippen LogP) is 2.17. The molecule has 3 heterocycles. The van der Waals surface area contributed by atoms with Crippen LogP contribution in [0.5, 0.6) is 0 Å². The summed E-state index contributed by atoms with van der Waals surface area (Å²) < 4.78 is 5.49. The van der Waals surface area contributed by atoms with Crippen LogP contribution in [-0.2, 0) is 6.54 Å². The van der Waals surface area contributed by atoms with Crippen LogP contribution in [0.1, 0.15) is 17.2 Å². The van der Waals surface area contributed by atoms with Crippen LogP contribution in [-0.4, -0.2) is 20.2 Å². The molecule has 0 saturated carbocycles. The van der Waals surface area contributed by atoms with Crippen LogP contribution in [0.2, 0.25) is 0 Å². The Morgan fingerprint density at radius 3 is 2.89 bits per heavy atom. The molecular weight excluding hydrogens is 230 g/mol. The van der Waals surface area contributed by atoms with Crippen LogP contribution >= 0.6 is 0 Å². The Morgan fingerprint density at radius 1 is 1.22 bits per heavy atom. The average Bonchev–Trinajstić information content (AvgIpc) is 2.94. The first-order valence-corrected chi connectivity index (χ1v) is 5.69. The number of aromatic nitrogens is 4. The lowest BCUT2D eigenvalue weighted by Crippen LogP contribution is -2.01. The van der Waals surface area contributed by atoms with E-state index in [-0.39, 0.29) is 0 Å². The Labute approximate surface area is 103 Å². The molecule has 0 aliphatic carbocycles. The molecule has 0 amide bonds. The molecule has 18 heavy (non-hydrogen) atoms. The van der Waals surface area contributed by atoms with Gasteiger partial charge in [-0.15, -0.1) is 0 Å². The molecule has 92 valence electrons. The number of aromatic amines is 1. The Kier molecular flexibility index (Phi) is 2.47. The lowest BCUT2D eigenvalue weighted by molar-refractivity contribution is 0.490. The number of anilines is 1. The van der Waals surface area contributed by atoms with E-state index in [0.717, 1.165) is 28.2 Å². The Morgan fingerprint density at radius 2 is 2.11 bits per heavy atom. The first kappa shape index (κ1) is 10.8. The maximum atomic E-state index is 5.49. The second kappa shape index (κ2) is 4.14. The minimum Gasteiger partial charge on any atom is -0.465 e. The molecule has 2 N–H and O–H groups in total. The summed E-state index contributed by atoms with van der Waals surface area (Å²) in [6.45, 7) is 4.43. The molecule has 0 fully saturated rings. The maximum Gasteiger partial charge on any atom is 0.158 e. The largest absolute Gasteiger partial charge is 0.465 e. The molecule has 0 radical (unpaired) electrons. The molecule has 0 saturated heterocycles. The zero-order chi connectivity index (χ0) is 12.5. The van der Waals surface area contributed by atoms with Crippen molar-refractivity contribution in [3.63, 3.8) is 0 Å². The Bertz CT molecular complexity index is 685. The normalized spacial score (nSPS) is 11.0. The molecule has 0 spiro atoms. The van der Waals surface area contributed by atoms with Crippen LogP contribution in [0.4, 0.5) is 5.82 Å². The van der Waals surface area contributed by atoms with Gasteiger partial charge in [-0.25, -0.2) is 9.97 Å². The summed E-state index contributed by atoms with van der Waals surface area (Å²) in [5, 5.41) is 10.3. The van der Waals surface area contributed by atoms with Gasteiger partial charge < -0.3 is 9.73 Å². The molecule has 3 aromatic rings. The van der Waals surface area contributed by atoms with Crippen LogP contribution in [0.25, 0.3) is 11.0 Å². The summed E-state index contributed by atoms with van der Waals surface area (Å²) >= 11 is 0. The van der Waals surface area contributed by atoms with E-state index >= 15 is 0 Å². The molecule has 0 aliphatic heterocycles. The van der Waals surface area contributed by atoms with Crippen molar-refractivity contribution in [2.75, 3.05) is 5.32 Å². The Hall–Kier alpha value is -2.37. The van der Waals surface area contributed by atoms with Gasteiger partial charge in [0.2, 0.25) is 0 Å². The van der Waals surface area contributed by atoms with Gasteiger partial charge in [0.15, 0.2) is 11.3 Å². The fourth-order valence-corrected chi connectivity index (χ4v) is 1.83. The fraction of sp³-hybridized carbons (Fsp3) is 0.250. The molecule has 0 aliphatic rings. The van der Waals surface area contributed by atoms with Gasteiger partial charge >= 0.3 is 0 Å². The maximum absolute atomic E-state index is 5.49. The van der Waals surface area contributed by atoms with Gasteiger partial charge in [-0.2, -0.15) is 5.10 Å². The van der Waals surface area contributed by atoms with E-state index in [1.165, 1.54) is 6.33 Å². The highest BCUT2D eigenvalue weighted by Gasteiger charge is 2.09. The quantitative estimate of drug-likeness (QED) is 0.737. The standard InChI is InChI=1S/C12H13N5O/c1-7-3-4-9(18-7)5-13-12-11-10(14-6-15-12)8(2)16-17-11/h3-4,6H,5H2,1-2H3,(H,16,17)(H,13,14,15). The Balaban J connectivity index is 1.86. The van der Waals surface area contributed by atoms with E-state index < -0.39 is 0 Å². The zero-order valence-electron chi connectivity index (χ0n) is 10.2. The van der Waals surface area contributed by atoms with Crippen LogP contribution in [0.3, 0.4) is 0 Å². The highest BCUT2D eigenvalue weighted by Crippen LogP contribution is 2.19. The van der Waals surface area contributed by atoms with Crippen molar-refractivity contribution in [2.45, 2.75) is 20.4 Å². The van der Waals surface area contributed by atoms with Crippen molar-refractivity contribution < 1.29 is 4.42 Å². The zero-order valence-corrected chi connectivity index (χ0v) is 10.2. The van der Waals surface area contributed by atoms with E-state index in [2.05, 4.69) is 25.5 Å². The van der Waals surface area contributed by atoms with Gasteiger partial charge in [-0.3, -0.25) is 5.10 Å². The molecule has 0 bridgehead atoms. The van der Waals surface area contributed by atoms with Crippen LogP contribution in [0.15, 0.2) is 22.9 Å². The van der Waals surface area contributed by atoms with Gasteiger partial charge in [-0.1, -0.05) is 0 Å². The number of nitrogens with zero attached hydrogens (tertiary/aromatic N) is 3. The molecule has 0 atom stereocenters. The molecule has 6 heteroatoms. The average molecular weight is 243 g/mol. The number of furan rings is 1. The van der Waals surface area contributed by atoms with Gasteiger partial charge in [0.05, 0.1) is 12.2 Å². The van der Waals surface area contributed by atoms with Crippen molar-refractivity contribution >= 4 is 16.9 Å². The second-order valence-corrected chi connectivity index (χ2v) is 4.13. The summed E-state index contributed by atoms with van der Waals surface area (Å²) in [6.07, 6.45) is 1.53. The topological polar surface area (TPSA) is 79.6 Å². The van der Waals surface area contributed by atoms with Crippen molar-refractivity contribution in [3.8, 4) is 0 Å². The number of aryl methyl sites for hydroxylation is 2. The van der Waals surface area contributed by atoms with Crippen LogP contribution < -0.4 is 5.32 Å². The van der Waals surface area contributed by atoms with E-state index in [1.54, 1.807) is 0 Å². The molecule has 0 aromatic carbocycles. The predicted molar refractivity (Wildman–Crippen MR) is 67.2 cm³/mol. The molecule has 3 rings (SSSR count). The number of fused-ring (bicyclic) bond motifs is 1. The summed E-state index contributed by atoms with van der Waals surface area (Å²) in [5.74, 6) is 2.47. The summed E-state index contributed by atoms with van der Waals surface area (Å²) in [5.41, 5.74) is 2.52. The second-order valence-electron chi connectivity index (χ2n) is 4.13. The third-order valence-electron chi connectivity index (χ3n) is 2.74. The number of H-pyrrole nitrogens is 1. The number of hydrogen-bond acceptors (Lipinski definition) is 5. The summed E-state index contributed by atoms with van der Waals surface area (Å²) in [6, 6.07) is 3.88. The minimum atomic E-state index is 0.575. The van der Waals surface area contributed by atoms with Gasteiger partial charge in [-0.05, 0) is 26.0 Å². The van der Waals surface area contributed by atoms with Crippen molar-refractivity contribution in [1.29, 1.82) is 0 Å². The van der Waals surface area contributed by atoms with Gasteiger partial charge in [0.1, 0.15) is 23.4 Å². The van der Waals surface area contributed by atoms with Crippen molar-refractivity contribution in [2.24, 2.45) is 0 Å².